The highest BCUT2D eigenvalue weighted by Gasteiger charge is 2.26. The molecule has 1 aromatic rings. The van der Waals surface area contributed by atoms with E-state index in [2.05, 4.69) is 36.1 Å². The Kier molecular flexibility index (Phi) is 5.50. The van der Waals surface area contributed by atoms with Gasteiger partial charge in [0.2, 0.25) is 0 Å². The Morgan fingerprint density at radius 2 is 2.05 bits per heavy atom. The third-order valence-electron chi connectivity index (χ3n) is 4.45. The van der Waals surface area contributed by atoms with Gasteiger partial charge in [0.1, 0.15) is 5.82 Å². The molecule has 0 bridgehead atoms. The fourth-order valence-corrected chi connectivity index (χ4v) is 3.09. The molecule has 1 aliphatic rings. The van der Waals surface area contributed by atoms with Crippen molar-refractivity contribution in [3.63, 3.8) is 0 Å². The van der Waals surface area contributed by atoms with Crippen LogP contribution in [0.1, 0.15) is 70.8 Å². The van der Waals surface area contributed by atoms with Gasteiger partial charge < -0.3 is 10.3 Å². The topological polar surface area (TPSA) is 40.7 Å². The van der Waals surface area contributed by atoms with E-state index in [0.29, 0.717) is 16.6 Å². The zero-order chi connectivity index (χ0) is 14.6. The summed E-state index contributed by atoms with van der Waals surface area (Å²) in [6, 6.07) is 0.626. The average Bonchev–Trinajstić information content (AvgIpc) is 2.76. The second-order valence-corrected chi connectivity index (χ2v) is 7.23. The van der Waals surface area contributed by atoms with E-state index >= 15 is 0 Å². The number of imidazole rings is 1. The predicted molar refractivity (Wildman–Crippen MR) is 85.1 cm³/mol. The van der Waals surface area contributed by atoms with E-state index < -0.39 is 0 Å². The van der Waals surface area contributed by atoms with Crippen molar-refractivity contribution < 1.29 is 0 Å². The van der Waals surface area contributed by atoms with Gasteiger partial charge in [0.25, 0.3) is 0 Å². The molecule has 114 valence electrons. The van der Waals surface area contributed by atoms with Crippen LogP contribution < -0.4 is 5.32 Å². The van der Waals surface area contributed by atoms with Gasteiger partial charge in [-0.15, -0.1) is 0 Å². The lowest BCUT2D eigenvalue weighted by molar-refractivity contribution is 0.206. The van der Waals surface area contributed by atoms with E-state index in [-0.39, 0.29) is 0 Å². The summed E-state index contributed by atoms with van der Waals surface area (Å²) in [7, 11) is 0. The van der Waals surface area contributed by atoms with Gasteiger partial charge in [0, 0.05) is 19.0 Å². The summed E-state index contributed by atoms with van der Waals surface area (Å²) in [4.78, 5) is 7.77. The maximum absolute atomic E-state index is 6.20. The van der Waals surface area contributed by atoms with E-state index in [1.54, 1.807) is 0 Å². The molecule has 1 aliphatic carbocycles. The number of unbranched alkanes of at least 4 members (excludes halogenated alkanes) is 1. The Balaban J connectivity index is 1.80. The van der Waals surface area contributed by atoms with Gasteiger partial charge in [-0.2, -0.15) is 0 Å². The highest BCUT2D eigenvalue weighted by molar-refractivity contribution is 6.30. The van der Waals surface area contributed by atoms with Crippen molar-refractivity contribution in [2.24, 2.45) is 5.41 Å². The van der Waals surface area contributed by atoms with E-state index in [9.17, 15) is 0 Å². The van der Waals surface area contributed by atoms with E-state index in [0.717, 1.165) is 30.9 Å². The predicted octanol–water partition coefficient (Wildman–Crippen LogP) is 4.46. The van der Waals surface area contributed by atoms with Gasteiger partial charge in [-0.25, -0.2) is 4.98 Å². The second-order valence-electron chi connectivity index (χ2n) is 6.88. The molecule has 0 spiro atoms. The normalized spacial score (nSPS) is 19.4. The summed E-state index contributed by atoms with van der Waals surface area (Å²) in [6.45, 7) is 7.74. The summed E-state index contributed by atoms with van der Waals surface area (Å²) in [5.41, 5.74) is 1.57. The smallest absolute Gasteiger partial charge is 0.151 e. The zero-order valence-electron chi connectivity index (χ0n) is 13.1. The molecule has 1 aromatic heterocycles. The van der Waals surface area contributed by atoms with E-state index in [4.69, 9.17) is 11.6 Å². The zero-order valence-corrected chi connectivity index (χ0v) is 13.8. The number of hydrogen-bond donors (Lipinski definition) is 2. The summed E-state index contributed by atoms with van der Waals surface area (Å²) in [5.74, 6) is 1.03. The first kappa shape index (κ1) is 15.8. The molecule has 1 saturated carbocycles. The number of aromatic amines is 1. The highest BCUT2D eigenvalue weighted by Crippen LogP contribution is 2.35. The Labute approximate surface area is 127 Å². The molecule has 0 saturated heterocycles. The fraction of sp³-hybridized carbons (Fsp3) is 0.812. The summed E-state index contributed by atoms with van der Waals surface area (Å²) in [6.07, 6.45) is 8.49. The molecule has 0 atom stereocenters. The molecule has 0 aliphatic heterocycles. The molecule has 3 nitrogen and oxygen atoms in total. The average molecular weight is 298 g/mol. The van der Waals surface area contributed by atoms with Crippen LogP contribution in [0.5, 0.6) is 0 Å². The minimum absolute atomic E-state index is 0.525. The lowest BCUT2D eigenvalue weighted by Crippen LogP contribution is -2.35. The van der Waals surface area contributed by atoms with Crippen molar-refractivity contribution in [3.05, 3.63) is 16.7 Å². The van der Waals surface area contributed by atoms with Gasteiger partial charge in [-0.05, 0) is 37.5 Å². The number of nitrogens with zero attached hydrogens (tertiary/aromatic N) is 1. The summed E-state index contributed by atoms with van der Waals surface area (Å²) >= 11 is 6.20. The molecular weight excluding hydrogens is 270 g/mol. The lowest BCUT2D eigenvalue weighted by Gasteiger charge is -2.34. The van der Waals surface area contributed by atoms with Crippen molar-refractivity contribution in [3.8, 4) is 0 Å². The Hall–Kier alpha value is -0.540. The van der Waals surface area contributed by atoms with Crippen molar-refractivity contribution in [2.45, 2.75) is 78.3 Å². The first-order chi connectivity index (χ1) is 9.50. The number of nitrogens with one attached hydrogen (secondary N) is 2. The number of H-pyrrole nitrogens is 1. The minimum atomic E-state index is 0.525. The number of halogens is 1. The van der Waals surface area contributed by atoms with Gasteiger partial charge in [0.15, 0.2) is 5.15 Å². The van der Waals surface area contributed by atoms with Crippen molar-refractivity contribution in [1.82, 2.24) is 15.3 Å². The second kappa shape index (κ2) is 6.95. The van der Waals surface area contributed by atoms with Gasteiger partial charge >= 0.3 is 0 Å². The third-order valence-corrected chi connectivity index (χ3v) is 4.76. The van der Waals surface area contributed by atoms with Gasteiger partial charge in [-0.3, -0.25) is 0 Å². The number of rotatable bonds is 6. The molecule has 2 rings (SSSR count). The number of hydrogen-bond acceptors (Lipinski definition) is 2. The van der Waals surface area contributed by atoms with Crippen molar-refractivity contribution in [2.75, 3.05) is 0 Å². The molecule has 0 amide bonds. The quantitative estimate of drug-likeness (QED) is 0.813. The standard InChI is InChI=1S/C16H28ClN3/c1-4-5-6-14-19-13(15(17)20-14)11-18-12-7-9-16(2,3)10-8-12/h12,18H,4-11H2,1-3H3,(H,19,20). The maximum Gasteiger partial charge on any atom is 0.151 e. The molecule has 1 heterocycles. The van der Waals surface area contributed by atoms with Crippen molar-refractivity contribution >= 4 is 11.6 Å². The van der Waals surface area contributed by atoms with Crippen LogP contribution in [-0.2, 0) is 13.0 Å². The molecule has 1 fully saturated rings. The highest BCUT2D eigenvalue weighted by atomic mass is 35.5. The van der Waals surface area contributed by atoms with Crippen LogP contribution in [0.3, 0.4) is 0 Å². The fourth-order valence-electron chi connectivity index (χ4n) is 2.87. The van der Waals surface area contributed by atoms with Crippen LogP contribution in [0.2, 0.25) is 5.15 Å². The largest absolute Gasteiger partial charge is 0.344 e. The van der Waals surface area contributed by atoms with Crippen LogP contribution in [0.4, 0.5) is 0 Å². The Bertz CT molecular complexity index is 415. The molecule has 0 unspecified atom stereocenters. The SMILES string of the molecule is CCCCc1nc(Cl)c(CNC2CCC(C)(C)CC2)[nH]1. The molecular formula is C16H28ClN3. The molecule has 0 radical (unpaired) electrons. The maximum atomic E-state index is 6.20. The van der Waals surface area contributed by atoms with Crippen LogP contribution in [-0.4, -0.2) is 16.0 Å². The summed E-state index contributed by atoms with van der Waals surface area (Å²) in [5, 5.41) is 4.27. The van der Waals surface area contributed by atoms with Crippen LogP contribution in [0.25, 0.3) is 0 Å². The molecule has 2 N–H and O–H groups in total. The van der Waals surface area contributed by atoms with Crippen molar-refractivity contribution in [1.29, 1.82) is 0 Å². The van der Waals surface area contributed by atoms with Crippen LogP contribution in [0.15, 0.2) is 0 Å². The molecule has 0 aromatic carbocycles. The monoisotopic (exact) mass is 297 g/mol. The lowest BCUT2D eigenvalue weighted by atomic mass is 9.75. The first-order valence-corrected chi connectivity index (χ1v) is 8.34. The number of aryl methyl sites for hydroxylation is 1. The van der Waals surface area contributed by atoms with E-state index in [1.165, 1.54) is 32.1 Å². The number of aromatic nitrogens is 2. The van der Waals surface area contributed by atoms with E-state index in [1.807, 2.05) is 0 Å². The van der Waals surface area contributed by atoms with Gasteiger partial charge in [0.05, 0.1) is 5.69 Å². The molecule has 4 heteroatoms. The Morgan fingerprint density at radius 3 is 2.70 bits per heavy atom. The molecule has 20 heavy (non-hydrogen) atoms. The van der Waals surface area contributed by atoms with Crippen LogP contribution >= 0.6 is 11.6 Å². The first-order valence-electron chi connectivity index (χ1n) is 7.97. The van der Waals surface area contributed by atoms with Gasteiger partial charge in [-0.1, -0.05) is 38.8 Å². The Morgan fingerprint density at radius 1 is 1.35 bits per heavy atom. The minimum Gasteiger partial charge on any atom is -0.344 e. The third kappa shape index (κ3) is 4.49. The van der Waals surface area contributed by atoms with Crippen LogP contribution in [0, 0.1) is 5.41 Å². The summed E-state index contributed by atoms with van der Waals surface area (Å²) < 4.78 is 0.